The van der Waals surface area contributed by atoms with Crippen LogP contribution in [0.25, 0.3) is 16.5 Å². The minimum atomic E-state index is -4.10. The van der Waals surface area contributed by atoms with Gasteiger partial charge in [-0.05, 0) is 138 Å². The number of pyridine rings is 1. The third kappa shape index (κ3) is 8.90. The van der Waals surface area contributed by atoms with Gasteiger partial charge in [0.25, 0.3) is 21.5 Å². The van der Waals surface area contributed by atoms with Crippen molar-refractivity contribution < 1.29 is 27.5 Å². The molecular weight excluding hydrogens is 695 g/mol. The number of hydrogen-bond donors (Lipinski definition) is 3. The molecule has 0 bridgehead atoms. The highest BCUT2D eigenvalue weighted by Crippen LogP contribution is 2.42. The maximum absolute atomic E-state index is 13.6. The SMILES string of the molecule is Cc1c(C)c(S(=O)(=O)NC(N)=NCCC[C@H](NC(=O)c2cccn(-c3ccc4ccccc4c3)c2=O)C(=O)OC(C)(C)C)c(C)c2c1OC(C)(C)CC2. The van der Waals surface area contributed by atoms with Gasteiger partial charge in [0.1, 0.15) is 28.6 Å². The van der Waals surface area contributed by atoms with Crippen LogP contribution < -0.4 is 26.1 Å². The monoisotopic (exact) mass is 743 g/mol. The molecule has 282 valence electrons. The second-order valence-corrected chi connectivity index (χ2v) is 16.7. The quantitative estimate of drug-likeness (QED) is 0.0824. The summed E-state index contributed by atoms with van der Waals surface area (Å²) in [5.74, 6) is -1.01. The molecular formula is C40H49N5O7S. The first kappa shape index (κ1) is 39.0. The minimum Gasteiger partial charge on any atom is -0.487 e. The largest absolute Gasteiger partial charge is 0.487 e. The van der Waals surface area contributed by atoms with Crippen LogP contribution in [0.4, 0.5) is 0 Å². The van der Waals surface area contributed by atoms with E-state index in [1.165, 1.54) is 10.6 Å². The number of amides is 1. The third-order valence-corrected chi connectivity index (χ3v) is 10.9. The Labute approximate surface area is 310 Å². The van der Waals surface area contributed by atoms with Gasteiger partial charge in [0.15, 0.2) is 0 Å². The van der Waals surface area contributed by atoms with Gasteiger partial charge in [0.05, 0.1) is 4.90 Å². The molecule has 5 rings (SSSR count). The number of benzene rings is 3. The number of guanidine groups is 1. The van der Waals surface area contributed by atoms with Gasteiger partial charge in [0, 0.05) is 18.4 Å². The Bertz CT molecular complexity index is 2270. The summed E-state index contributed by atoms with van der Waals surface area (Å²) in [6.07, 6.45) is 3.32. The number of nitrogens with one attached hydrogen (secondary N) is 2. The Morgan fingerprint density at radius 2 is 1.72 bits per heavy atom. The average Bonchev–Trinajstić information content (AvgIpc) is 3.06. The van der Waals surface area contributed by atoms with E-state index < -0.39 is 39.1 Å². The molecule has 1 aliphatic heterocycles. The van der Waals surface area contributed by atoms with Crippen LogP contribution in [-0.4, -0.2) is 54.6 Å². The fourth-order valence-electron chi connectivity index (χ4n) is 6.52. The van der Waals surface area contributed by atoms with Crippen LogP contribution in [0.1, 0.15) is 86.5 Å². The number of hydrogen-bond acceptors (Lipinski definition) is 8. The van der Waals surface area contributed by atoms with Crippen LogP contribution >= 0.6 is 0 Å². The number of carbonyl (C=O) groups excluding carboxylic acids is 2. The van der Waals surface area contributed by atoms with Gasteiger partial charge < -0.3 is 20.5 Å². The smallest absolute Gasteiger partial charge is 0.329 e. The molecule has 0 fully saturated rings. The fraction of sp³-hybridized carbons (Fsp3) is 0.400. The number of ether oxygens (including phenoxy) is 2. The van der Waals surface area contributed by atoms with E-state index >= 15 is 0 Å². The highest BCUT2D eigenvalue weighted by atomic mass is 32.2. The molecule has 0 aliphatic carbocycles. The summed E-state index contributed by atoms with van der Waals surface area (Å²) >= 11 is 0. The van der Waals surface area contributed by atoms with Crippen molar-refractivity contribution in [1.82, 2.24) is 14.6 Å². The first-order valence-electron chi connectivity index (χ1n) is 17.7. The van der Waals surface area contributed by atoms with Gasteiger partial charge in [-0.25, -0.2) is 17.9 Å². The van der Waals surface area contributed by atoms with Crippen molar-refractivity contribution in [2.75, 3.05) is 6.54 Å². The summed E-state index contributed by atoms with van der Waals surface area (Å²) in [4.78, 5) is 44.6. The lowest BCUT2D eigenvalue weighted by Gasteiger charge is -2.35. The standard InChI is InChI=1S/C40H49N5O7S/c1-24-25(2)34(26(3)30-19-20-40(7,8)51-33(24)30)53(49,50)44-38(41)42-21-11-16-32(37(48)52-39(4,5)6)43-35(46)31-15-12-22-45(36(31)47)29-18-17-27-13-9-10-14-28(27)23-29/h9-10,12-15,17-18,22-23,32H,11,16,19-21H2,1-8H3,(H,43,46)(H3,41,42,44)/t32-/m0/s1. The van der Waals surface area contributed by atoms with E-state index in [9.17, 15) is 22.8 Å². The summed E-state index contributed by atoms with van der Waals surface area (Å²) in [6, 6.07) is 15.2. The Kier molecular flexibility index (Phi) is 11.1. The molecule has 1 atom stereocenters. The van der Waals surface area contributed by atoms with E-state index in [2.05, 4.69) is 15.0 Å². The number of rotatable bonds is 10. The molecule has 1 aliphatic rings. The van der Waals surface area contributed by atoms with Gasteiger partial charge in [-0.1, -0.05) is 30.3 Å². The fourth-order valence-corrected chi connectivity index (χ4v) is 8.05. The minimum absolute atomic E-state index is 0.0354. The lowest BCUT2D eigenvalue weighted by atomic mass is 9.88. The molecule has 12 nitrogen and oxygen atoms in total. The maximum atomic E-state index is 13.6. The molecule has 4 N–H and O–H groups in total. The maximum Gasteiger partial charge on any atom is 0.329 e. The Morgan fingerprint density at radius 3 is 2.42 bits per heavy atom. The first-order valence-corrected chi connectivity index (χ1v) is 19.2. The zero-order chi connectivity index (χ0) is 38.9. The van der Waals surface area contributed by atoms with E-state index in [4.69, 9.17) is 15.2 Å². The number of aliphatic imine (C=N–C) groups is 1. The molecule has 0 saturated carbocycles. The molecule has 2 heterocycles. The highest BCUT2D eigenvalue weighted by molar-refractivity contribution is 7.90. The van der Waals surface area contributed by atoms with Crippen LogP contribution in [0, 0.1) is 20.8 Å². The van der Waals surface area contributed by atoms with Crippen molar-refractivity contribution in [1.29, 1.82) is 0 Å². The van der Waals surface area contributed by atoms with Crippen LogP contribution in [0.5, 0.6) is 5.75 Å². The molecule has 0 spiro atoms. The number of sulfonamides is 1. The van der Waals surface area contributed by atoms with E-state index in [1.807, 2.05) is 57.2 Å². The molecule has 53 heavy (non-hydrogen) atoms. The van der Waals surface area contributed by atoms with Gasteiger partial charge in [-0.2, -0.15) is 0 Å². The summed E-state index contributed by atoms with van der Waals surface area (Å²) in [5, 5.41) is 4.62. The van der Waals surface area contributed by atoms with E-state index in [0.717, 1.165) is 34.1 Å². The summed E-state index contributed by atoms with van der Waals surface area (Å²) in [6.45, 7) is 14.6. The summed E-state index contributed by atoms with van der Waals surface area (Å²) in [5.41, 5.74) is 7.56. The lowest BCUT2D eigenvalue weighted by molar-refractivity contribution is -0.157. The van der Waals surface area contributed by atoms with Gasteiger partial charge in [-0.3, -0.25) is 19.1 Å². The highest BCUT2D eigenvalue weighted by Gasteiger charge is 2.34. The Morgan fingerprint density at radius 1 is 1.02 bits per heavy atom. The van der Waals surface area contributed by atoms with Gasteiger partial charge >= 0.3 is 5.97 Å². The second-order valence-electron chi connectivity index (χ2n) is 15.1. The van der Waals surface area contributed by atoms with Crippen molar-refractivity contribution in [3.05, 3.63) is 99.0 Å². The molecule has 1 amide bonds. The van der Waals surface area contributed by atoms with E-state index in [1.54, 1.807) is 52.9 Å². The third-order valence-electron chi connectivity index (χ3n) is 9.31. The second kappa shape index (κ2) is 15.1. The van der Waals surface area contributed by atoms with Crippen LogP contribution in [0.2, 0.25) is 0 Å². The molecule has 3 aromatic carbocycles. The van der Waals surface area contributed by atoms with Crippen molar-refractivity contribution in [3.63, 3.8) is 0 Å². The van der Waals surface area contributed by atoms with Crippen molar-refractivity contribution in [3.8, 4) is 11.4 Å². The molecule has 0 radical (unpaired) electrons. The molecule has 13 heteroatoms. The van der Waals surface area contributed by atoms with Crippen LogP contribution in [0.15, 0.2) is 75.5 Å². The van der Waals surface area contributed by atoms with Crippen LogP contribution in [-0.2, 0) is 26.0 Å². The average molecular weight is 744 g/mol. The topological polar surface area (TPSA) is 171 Å². The number of fused-ring (bicyclic) bond motifs is 2. The predicted molar refractivity (Wildman–Crippen MR) is 206 cm³/mol. The molecule has 0 unspecified atom stereocenters. The van der Waals surface area contributed by atoms with Crippen LogP contribution in [0.3, 0.4) is 0 Å². The summed E-state index contributed by atoms with van der Waals surface area (Å²) < 4.78 is 42.8. The zero-order valence-corrected chi connectivity index (χ0v) is 32.4. The van der Waals surface area contributed by atoms with Gasteiger partial charge in [0.2, 0.25) is 5.96 Å². The lowest BCUT2D eigenvalue weighted by Crippen LogP contribution is -2.45. The van der Waals surface area contributed by atoms with E-state index in [-0.39, 0.29) is 41.4 Å². The molecule has 4 aromatic rings. The number of carbonyl (C=O) groups is 2. The number of nitrogens with zero attached hydrogens (tertiary/aromatic N) is 2. The van der Waals surface area contributed by atoms with Crippen molar-refractivity contribution >= 4 is 38.6 Å². The summed E-state index contributed by atoms with van der Waals surface area (Å²) in [7, 11) is -4.10. The van der Waals surface area contributed by atoms with Gasteiger partial charge in [-0.15, -0.1) is 0 Å². The van der Waals surface area contributed by atoms with Crippen molar-refractivity contribution in [2.24, 2.45) is 10.7 Å². The van der Waals surface area contributed by atoms with Crippen molar-refractivity contribution in [2.45, 2.75) is 103 Å². The predicted octanol–water partition coefficient (Wildman–Crippen LogP) is 5.53. The number of nitrogens with two attached hydrogens (primary N) is 1. The van der Waals surface area contributed by atoms with E-state index in [0.29, 0.717) is 23.2 Å². The Hall–Kier alpha value is -5.17. The number of aromatic nitrogens is 1. The zero-order valence-electron chi connectivity index (χ0n) is 31.6. The molecule has 1 aromatic heterocycles. The first-order chi connectivity index (χ1) is 24.8. The number of esters is 1. The molecule has 0 saturated heterocycles. The normalized spacial score (nSPS) is 14.9. The Balaban J connectivity index is 1.29.